The molecule has 4 heteroatoms. The first-order chi connectivity index (χ1) is 8.59. The highest BCUT2D eigenvalue weighted by molar-refractivity contribution is 9.10. The Morgan fingerprint density at radius 1 is 1.22 bits per heavy atom. The Balaban J connectivity index is 2.16. The molecular formula is C14H11BrOS2. The summed E-state index contributed by atoms with van der Waals surface area (Å²) in [6.07, 6.45) is 0. The molecule has 1 N–H and O–H groups in total. The third-order valence-electron chi connectivity index (χ3n) is 3.04. The monoisotopic (exact) mass is 338 g/mol. The molecule has 2 aromatic heterocycles. The van der Waals surface area contributed by atoms with Crippen molar-refractivity contribution in [1.29, 1.82) is 0 Å². The summed E-state index contributed by atoms with van der Waals surface area (Å²) in [6.45, 7) is 1.85. The van der Waals surface area contributed by atoms with Gasteiger partial charge in [0, 0.05) is 25.0 Å². The second kappa shape index (κ2) is 4.46. The molecule has 0 fully saturated rings. The molecule has 0 aliphatic carbocycles. The average Bonchev–Trinajstić information content (AvgIpc) is 2.94. The third-order valence-corrected chi connectivity index (χ3v) is 6.07. The van der Waals surface area contributed by atoms with Gasteiger partial charge in [0.05, 0.1) is 0 Å². The summed E-state index contributed by atoms with van der Waals surface area (Å²) in [6, 6.07) is 10.3. The zero-order valence-corrected chi connectivity index (χ0v) is 12.9. The topological polar surface area (TPSA) is 20.2 Å². The maximum Gasteiger partial charge on any atom is 0.123 e. The van der Waals surface area contributed by atoms with Crippen LogP contribution >= 0.6 is 38.6 Å². The molecule has 1 unspecified atom stereocenters. The minimum atomic E-state index is -0.942. The van der Waals surface area contributed by atoms with Gasteiger partial charge < -0.3 is 5.11 Å². The SMILES string of the molecule is CC(O)(c1cc2ccccc2s1)c1cscc1Br. The van der Waals surface area contributed by atoms with E-state index in [9.17, 15) is 5.11 Å². The standard InChI is InChI=1S/C14H11BrOS2/c1-14(16,10-7-17-8-11(10)15)13-6-9-4-2-3-5-12(9)18-13/h2-8,16H,1H3. The average molecular weight is 339 g/mol. The summed E-state index contributed by atoms with van der Waals surface area (Å²) in [7, 11) is 0. The Kier molecular flexibility index (Phi) is 3.06. The van der Waals surface area contributed by atoms with Gasteiger partial charge >= 0.3 is 0 Å². The van der Waals surface area contributed by atoms with E-state index in [-0.39, 0.29) is 0 Å². The van der Waals surface area contributed by atoms with Gasteiger partial charge in [-0.2, -0.15) is 11.3 Å². The van der Waals surface area contributed by atoms with Crippen molar-refractivity contribution >= 4 is 48.7 Å². The maximum absolute atomic E-state index is 10.8. The van der Waals surface area contributed by atoms with Crippen LogP contribution in [0, 0.1) is 0 Å². The van der Waals surface area contributed by atoms with E-state index in [2.05, 4.69) is 34.1 Å². The summed E-state index contributed by atoms with van der Waals surface area (Å²) in [5, 5.41) is 16.0. The fourth-order valence-electron chi connectivity index (χ4n) is 1.98. The Morgan fingerprint density at radius 2 is 2.00 bits per heavy atom. The first-order valence-electron chi connectivity index (χ1n) is 5.52. The second-order valence-electron chi connectivity index (χ2n) is 4.35. The quantitative estimate of drug-likeness (QED) is 0.698. The Labute approximate surface area is 122 Å². The van der Waals surface area contributed by atoms with Gasteiger partial charge in [-0.25, -0.2) is 0 Å². The van der Waals surface area contributed by atoms with Crippen molar-refractivity contribution in [2.24, 2.45) is 0 Å². The van der Waals surface area contributed by atoms with Crippen LogP contribution in [-0.4, -0.2) is 5.11 Å². The number of hydrogen-bond donors (Lipinski definition) is 1. The van der Waals surface area contributed by atoms with Crippen LogP contribution in [-0.2, 0) is 5.60 Å². The summed E-state index contributed by atoms with van der Waals surface area (Å²) in [5.74, 6) is 0. The molecule has 0 aliphatic heterocycles. The predicted molar refractivity (Wildman–Crippen MR) is 82.5 cm³/mol. The van der Waals surface area contributed by atoms with Gasteiger partial charge in [-0.1, -0.05) is 18.2 Å². The van der Waals surface area contributed by atoms with E-state index in [4.69, 9.17) is 0 Å². The Hall–Kier alpha value is -0.680. The van der Waals surface area contributed by atoms with E-state index in [0.717, 1.165) is 14.9 Å². The lowest BCUT2D eigenvalue weighted by Crippen LogP contribution is -2.20. The van der Waals surface area contributed by atoms with Crippen LogP contribution in [0.2, 0.25) is 0 Å². The smallest absolute Gasteiger partial charge is 0.123 e. The molecule has 0 spiro atoms. The Morgan fingerprint density at radius 3 is 2.67 bits per heavy atom. The molecule has 3 rings (SSSR count). The number of hydrogen-bond acceptors (Lipinski definition) is 3. The highest BCUT2D eigenvalue weighted by Gasteiger charge is 2.30. The highest BCUT2D eigenvalue weighted by Crippen LogP contribution is 2.41. The van der Waals surface area contributed by atoms with Crippen molar-refractivity contribution in [2.45, 2.75) is 12.5 Å². The molecule has 0 amide bonds. The third kappa shape index (κ3) is 1.93. The minimum absolute atomic E-state index is 0.930. The molecule has 0 aliphatic rings. The van der Waals surface area contributed by atoms with E-state index < -0.39 is 5.60 Å². The normalized spacial score (nSPS) is 14.8. The maximum atomic E-state index is 10.8. The number of halogens is 1. The number of thiophene rings is 2. The molecule has 1 atom stereocenters. The number of fused-ring (bicyclic) bond motifs is 1. The van der Waals surface area contributed by atoms with Crippen LogP contribution < -0.4 is 0 Å². The number of rotatable bonds is 2. The predicted octanol–water partition coefficient (Wildman–Crippen LogP) is 4.98. The van der Waals surface area contributed by atoms with E-state index >= 15 is 0 Å². The van der Waals surface area contributed by atoms with Crippen LogP contribution in [0.1, 0.15) is 17.4 Å². The second-order valence-corrected chi connectivity index (χ2v) is 7.04. The van der Waals surface area contributed by atoms with E-state index in [0.29, 0.717) is 0 Å². The van der Waals surface area contributed by atoms with Crippen molar-refractivity contribution in [3.8, 4) is 0 Å². The number of aliphatic hydroxyl groups is 1. The van der Waals surface area contributed by atoms with Crippen molar-refractivity contribution in [3.63, 3.8) is 0 Å². The Bertz CT molecular complexity index is 663. The van der Waals surface area contributed by atoms with Gasteiger partial charge in [-0.3, -0.25) is 0 Å². The van der Waals surface area contributed by atoms with Crippen molar-refractivity contribution in [1.82, 2.24) is 0 Å². The van der Waals surface area contributed by atoms with Crippen LogP contribution in [0.3, 0.4) is 0 Å². The van der Waals surface area contributed by atoms with Crippen molar-refractivity contribution < 1.29 is 5.11 Å². The van der Waals surface area contributed by atoms with Crippen molar-refractivity contribution in [3.05, 3.63) is 56.0 Å². The fraction of sp³-hybridized carbons (Fsp3) is 0.143. The van der Waals surface area contributed by atoms with Gasteiger partial charge in [-0.15, -0.1) is 11.3 Å². The summed E-state index contributed by atoms with van der Waals surface area (Å²) >= 11 is 6.74. The van der Waals surface area contributed by atoms with E-state index in [1.54, 1.807) is 22.7 Å². The van der Waals surface area contributed by atoms with E-state index in [1.165, 1.54) is 10.1 Å². The lowest BCUT2D eigenvalue weighted by molar-refractivity contribution is 0.106. The van der Waals surface area contributed by atoms with Gasteiger partial charge in [-0.05, 0) is 45.8 Å². The highest BCUT2D eigenvalue weighted by atomic mass is 79.9. The van der Waals surface area contributed by atoms with E-state index in [1.807, 2.05) is 29.8 Å². The molecule has 1 aromatic carbocycles. The molecule has 3 aromatic rings. The van der Waals surface area contributed by atoms with Gasteiger partial charge in [0.1, 0.15) is 5.60 Å². The van der Waals surface area contributed by atoms with Gasteiger partial charge in [0.2, 0.25) is 0 Å². The fourth-order valence-corrected chi connectivity index (χ4v) is 4.89. The van der Waals surface area contributed by atoms with Crippen LogP contribution in [0.25, 0.3) is 10.1 Å². The molecule has 92 valence electrons. The van der Waals surface area contributed by atoms with Crippen molar-refractivity contribution in [2.75, 3.05) is 0 Å². The zero-order valence-electron chi connectivity index (χ0n) is 9.68. The lowest BCUT2D eigenvalue weighted by Gasteiger charge is -2.21. The first kappa shape index (κ1) is 12.4. The zero-order chi connectivity index (χ0) is 12.8. The van der Waals surface area contributed by atoms with Crippen LogP contribution in [0.4, 0.5) is 0 Å². The lowest BCUT2D eigenvalue weighted by atomic mass is 9.97. The molecule has 18 heavy (non-hydrogen) atoms. The molecule has 0 saturated carbocycles. The molecular weight excluding hydrogens is 328 g/mol. The van der Waals surface area contributed by atoms with Crippen LogP contribution in [0.15, 0.2) is 45.6 Å². The molecule has 0 bridgehead atoms. The largest absolute Gasteiger partial charge is 0.380 e. The van der Waals surface area contributed by atoms with Gasteiger partial charge in [0.25, 0.3) is 0 Å². The molecule has 0 saturated heterocycles. The summed E-state index contributed by atoms with van der Waals surface area (Å²) < 4.78 is 2.18. The summed E-state index contributed by atoms with van der Waals surface area (Å²) in [5.41, 5.74) is -0.0123. The number of benzene rings is 1. The molecule has 0 radical (unpaired) electrons. The minimum Gasteiger partial charge on any atom is -0.380 e. The van der Waals surface area contributed by atoms with Gasteiger partial charge in [0.15, 0.2) is 0 Å². The first-order valence-corrected chi connectivity index (χ1v) is 8.08. The molecule has 2 heterocycles. The summed E-state index contributed by atoms with van der Waals surface area (Å²) in [4.78, 5) is 0.975. The van der Waals surface area contributed by atoms with Crippen LogP contribution in [0.5, 0.6) is 0 Å². The molecule has 1 nitrogen and oxygen atoms in total.